The second-order valence-electron chi connectivity index (χ2n) is 12.2. The van der Waals surface area contributed by atoms with Crippen molar-refractivity contribution in [3.8, 4) is 6.07 Å². The molecule has 2 fully saturated rings. The quantitative estimate of drug-likeness (QED) is 0.413. The fraction of sp³-hybridized carbons (Fsp3) is 0.552. The lowest BCUT2D eigenvalue weighted by atomic mass is 9.64. The summed E-state index contributed by atoms with van der Waals surface area (Å²) in [4.78, 5) is 39.7. The average Bonchev–Trinajstić information content (AvgIpc) is 3.33. The molecule has 2 aliphatic rings. The summed E-state index contributed by atoms with van der Waals surface area (Å²) >= 11 is 0. The fourth-order valence-corrected chi connectivity index (χ4v) is 6.19. The van der Waals surface area contributed by atoms with Gasteiger partial charge in [0.15, 0.2) is 11.5 Å². The Hall–Kier alpha value is -3.68. The van der Waals surface area contributed by atoms with Gasteiger partial charge in [-0.15, -0.1) is 0 Å². The van der Waals surface area contributed by atoms with Crippen LogP contribution in [0.2, 0.25) is 0 Å². The second-order valence-corrected chi connectivity index (χ2v) is 12.2. The number of aromatic nitrogens is 2. The molecule has 0 atom stereocenters. The van der Waals surface area contributed by atoms with Gasteiger partial charge in [0.1, 0.15) is 0 Å². The number of carboxylic acids is 1. The van der Waals surface area contributed by atoms with E-state index in [1.165, 1.54) is 12.1 Å². The van der Waals surface area contributed by atoms with Crippen LogP contribution in [0.15, 0.2) is 30.5 Å². The molecule has 0 unspecified atom stereocenters. The number of halogens is 3. The molecule has 4 rings (SSSR count). The molecule has 2 aromatic rings. The molecule has 1 aromatic heterocycles. The predicted octanol–water partition coefficient (Wildman–Crippen LogP) is 5.74. The summed E-state index contributed by atoms with van der Waals surface area (Å²) < 4.78 is 44.1. The maximum Gasteiger partial charge on any atom is 0.433 e. The molecule has 11 heteroatoms. The van der Waals surface area contributed by atoms with E-state index in [1.54, 1.807) is 19.1 Å². The zero-order valence-electron chi connectivity index (χ0n) is 22.8. The molecular weight excluding hydrogens is 525 g/mol. The maximum absolute atomic E-state index is 14.4. The Morgan fingerprint density at radius 3 is 2.30 bits per heavy atom. The van der Waals surface area contributed by atoms with Crippen molar-refractivity contribution in [2.45, 2.75) is 71.5 Å². The van der Waals surface area contributed by atoms with Gasteiger partial charge in [0.05, 0.1) is 41.4 Å². The van der Waals surface area contributed by atoms with Crippen LogP contribution in [0.4, 0.5) is 13.2 Å². The molecule has 0 saturated heterocycles. The van der Waals surface area contributed by atoms with Gasteiger partial charge < -0.3 is 10.0 Å². The van der Waals surface area contributed by atoms with Crippen LogP contribution in [0.1, 0.15) is 97.3 Å². The SMILES string of the molecule is CC1(C)CC(CN(CC(=O)c2ccccc2C#N)C(=O)c2cnn([C@H]3CC[C@](C)(C(=O)O)CC3)c2C(F)(F)F)C1. The van der Waals surface area contributed by atoms with Gasteiger partial charge in [0.2, 0.25) is 0 Å². The van der Waals surface area contributed by atoms with Crippen molar-refractivity contribution in [2.75, 3.05) is 13.1 Å². The Kier molecular flexibility index (Phi) is 7.85. The number of hydrogen-bond donors (Lipinski definition) is 1. The maximum atomic E-state index is 14.4. The lowest BCUT2D eigenvalue weighted by Crippen LogP contribution is -2.45. The van der Waals surface area contributed by atoms with Gasteiger partial charge in [-0.1, -0.05) is 32.0 Å². The number of ketones is 1. The van der Waals surface area contributed by atoms with E-state index in [-0.39, 0.29) is 54.7 Å². The first-order chi connectivity index (χ1) is 18.6. The molecule has 1 heterocycles. The highest BCUT2D eigenvalue weighted by Gasteiger charge is 2.46. The van der Waals surface area contributed by atoms with E-state index < -0.39 is 53.1 Å². The van der Waals surface area contributed by atoms with Gasteiger partial charge in [-0.05, 0) is 62.8 Å². The second kappa shape index (κ2) is 10.7. The number of carbonyl (C=O) groups excluding carboxylic acids is 2. The highest BCUT2D eigenvalue weighted by molar-refractivity contribution is 6.03. The minimum Gasteiger partial charge on any atom is -0.481 e. The summed E-state index contributed by atoms with van der Waals surface area (Å²) in [6.07, 6.45) is -1.77. The standard InChI is InChI=1S/C29H33F3N4O4/c1-27(2)12-18(13-27)16-35(17-23(37)21-7-5-4-6-19(21)14-33)25(38)22-15-34-36(24(22)29(30,31)32)20-8-10-28(3,11-9-20)26(39)40/h4-7,15,18,20H,8-13,16-17H2,1-3H3,(H,39,40)/t20-,28-. The van der Waals surface area contributed by atoms with Crippen molar-refractivity contribution in [3.05, 3.63) is 52.8 Å². The third-order valence-electron chi connectivity index (χ3n) is 8.35. The van der Waals surface area contributed by atoms with Gasteiger partial charge in [0.25, 0.3) is 5.91 Å². The highest BCUT2D eigenvalue weighted by atomic mass is 19.4. The number of nitrogens with zero attached hydrogens (tertiary/aromatic N) is 4. The van der Waals surface area contributed by atoms with Crippen LogP contribution < -0.4 is 0 Å². The van der Waals surface area contributed by atoms with Crippen LogP contribution in [-0.2, 0) is 11.0 Å². The summed E-state index contributed by atoms with van der Waals surface area (Å²) in [7, 11) is 0. The van der Waals surface area contributed by atoms with E-state index in [4.69, 9.17) is 0 Å². The Morgan fingerprint density at radius 1 is 1.12 bits per heavy atom. The van der Waals surface area contributed by atoms with Crippen LogP contribution in [0, 0.1) is 28.1 Å². The monoisotopic (exact) mass is 558 g/mol. The molecule has 1 amide bonds. The molecule has 0 aliphatic heterocycles. The first-order valence-electron chi connectivity index (χ1n) is 13.3. The summed E-state index contributed by atoms with van der Waals surface area (Å²) in [5.41, 5.74) is -2.58. The Morgan fingerprint density at radius 2 is 1.75 bits per heavy atom. The first kappa shape index (κ1) is 29.3. The number of nitriles is 1. The fourth-order valence-electron chi connectivity index (χ4n) is 6.19. The number of benzene rings is 1. The normalized spacial score (nSPS) is 22.7. The van der Waals surface area contributed by atoms with E-state index in [2.05, 4.69) is 18.9 Å². The molecule has 2 aliphatic carbocycles. The number of carboxylic acid groups (broad SMARTS) is 1. The van der Waals surface area contributed by atoms with Crippen molar-refractivity contribution in [2.24, 2.45) is 16.7 Å². The predicted molar refractivity (Wildman–Crippen MR) is 138 cm³/mol. The molecule has 8 nitrogen and oxygen atoms in total. The van der Waals surface area contributed by atoms with Gasteiger partial charge >= 0.3 is 12.1 Å². The summed E-state index contributed by atoms with van der Waals surface area (Å²) in [5, 5.41) is 22.9. The smallest absolute Gasteiger partial charge is 0.433 e. The van der Waals surface area contributed by atoms with Crippen molar-refractivity contribution in [1.82, 2.24) is 14.7 Å². The first-order valence-corrected chi connectivity index (χ1v) is 13.3. The van der Waals surface area contributed by atoms with Gasteiger partial charge in [0, 0.05) is 12.1 Å². The minimum atomic E-state index is -4.91. The minimum absolute atomic E-state index is 0.0226. The van der Waals surface area contributed by atoms with E-state index in [9.17, 15) is 37.9 Å². The number of amides is 1. The average molecular weight is 559 g/mol. The van der Waals surface area contributed by atoms with Crippen LogP contribution in [0.3, 0.4) is 0 Å². The van der Waals surface area contributed by atoms with Crippen molar-refractivity contribution in [1.29, 1.82) is 5.26 Å². The largest absolute Gasteiger partial charge is 0.481 e. The zero-order valence-corrected chi connectivity index (χ0v) is 22.8. The Bertz CT molecular complexity index is 1340. The van der Waals surface area contributed by atoms with Gasteiger partial charge in [-0.25, -0.2) is 0 Å². The third-order valence-corrected chi connectivity index (χ3v) is 8.35. The molecule has 0 spiro atoms. The molecule has 1 aromatic carbocycles. The lowest BCUT2D eigenvalue weighted by molar-refractivity contribution is -0.152. The molecule has 0 bridgehead atoms. The summed E-state index contributed by atoms with van der Waals surface area (Å²) in [5.74, 6) is -2.45. The van der Waals surface area contributed by atoms with Crippen LogP contribution in [0.5, 0.6) is 0 Å². The number of Topliss-reactive ketones (excluding diaryl/α,β-unsaturated/α-hetero) is 1. The number of alkyl halides is 3. The van der Waals surface area contributed by atoms with E-state index in [1.807, 2.05) is 6.07 Å². The van der Waals surface area contributed by atoms with Gasteiger partial charge in [-0.3, -0.25) is 19.1 Å². The number of hydrogen-bond acceptors (Lipinski definition) is 5. The lowest BCUT2D eigenvalue weighted by Gasteiger charge is -2.44. The van der Waals surface area contributed by atoms with Crippen molar-refractivity contribution in [3.63, 3.8) is 0 Å². The zero-order chi connectivity index (χ0) is 29.5. The van der Waals surface area contributed by atoms with Crippen LogP contribution in [-0.4, -0.2) is 50.5 Å². The topological polar surface area (TPSA) is 116 Å². The molecule has 2 saturated carbocycles. The molecule has 1 N–H and O–H groups in total. The number of carbonyl (C=O) groups is 3. The number of rotatable bonds is 8. The highest BCUT2D eigenvalue weighted by Crippen LogP contribution is 2.46. The molecule has 40 heavy (non-hydrogen) atoms. The molecule has 0 radical (unpaired) electrons. The third kappa shape index (κ3) is 5.91. The van der Waals surface area contributed by atoms with Crippen molar-refractivity contribution >= 4 is 17.7 Å². The number of aliphatic carboxylic acids is 1. The van der Waals surface area contributed by atoms with E-state index >= 15 is 0 Å². The van der Waals surface area contributed by atoms with Crippen LogP contribution >= 0.6 is 0 Å². The molecular formula is C29H33F3N4O4. The van der Waals surface area contributed by atoms with Crippen molar-refractivity contribution < 1.29 is 32.7 Å². The van der Waals surface area contributed by atoms with Crippen LogP contribution in [0.25, 0.3) is 0 Å². The summed E-state index contributed by atoms with van der Waals surface area (Å²) in [6.45, 7) is 5.34. The molecule has 214 valence electrons. The Balaban J connectivity index is 1.65. The van der Waals surface area contributed by atoms with E-state index in [0.717, 1.165) is 28.6 Å². The van der Waals surface area contributed by atoms with E-state index in [0.29, 0.717) is 0 Å². The van der Waals surface area contributed by atoms with Gasteiger partial charge in [-0.2, -0.15) is 23.5 Å². The Labute approximate surface area is 230 Å². The summed E-state index contributed by atoms with van der Waals surface area (Å²) in [6, 6.07) is 7.35.